The zero-order valence-corrected chi connectivity index (χ0v) is 15.6. The molecular formula is C19H23N3O3S. The average Bonchev–Trinajstić information content (AvgIpc) is 3.10. The first-order valence-corrected chi connectivity index (χ1v) is 9.74. The van der Waals surface area contributed by atoms with E-state index >= 15 is 0 Å². The maximum absolute atomic E-state index is 12.2. The van der Waals surface area contributed by atoms with Crippen molar-refractivity contribution in [3.63, 3.8) is 0 Å². The molecule has 2 aromatic rings. The molecule has 2 N–H and O–H groups in total. The van der Waals surface area contributed by atoms with Crippen LogP contribution in [-0.4, -0.2) is 16.8 Å². The quantitative estimate of drug-likeness (QED) is 0.788. The van der Waals surface area contributed by atoms with Gasteiger partial charge in [0.1, 0.15) is 12.4 Å². The third-order valence-corrected chi connectivity index (χ3v) is 5.27. The van der Waals surface area contributed by atoms with Crippen LogP contribution in [0, 0.1) is 12.8 Å². The van der Waals surface area contributed by atoms with Crippen LogP contribution in [-0.2, 0) is 11.4 Å². The second-order valence-corrected chi connectivity index (χ2v) is 7.51. The maximum Gasteiger partial charge on any atom is 0.269 e. The Kier molecular flexibility index (Phi) is 6.22. The lowest BCUT2D eigenvalue weighted by molar-refractivity contribution is -0.126. The molecule has 0 radical (unpaired) electrons. The van der Waals surface area contributed by atoms with Crippen LogP contribution in [0.15, 0.2) is 29.6 Å². The fourth-order valence-corrected chi connectivity index (χ4v) is 3.59. The Morgan fingerprint density at radius 3 is 2.54 bits per heavy atom. The molecule has 1 saturated carbocycles. The molecule has 3 rings (SSSR count). The number of hydrogen-bond donors (Lipinski definition) is 2. The Balaban J connectivity index is 1.46. The highest BCUT2D eigenvalue weighted by atomic mass is 32.1. The molecule has 0 aliphatic heterocycles. The molecule has 1 aromatic heterocycles. The summed E-state index contributed by atoms with van der Waals surface area (Å²) in [5.41, 5.74) is 6.38. The number of benzene rings is 1. The molecule has 0 spiro atoms. The second kappa shape index (κ2) is 8.80. The molecule has 7 heteroatoms. The van der Waals surface area contributed by atoms with Gasteiger partial charge in [0.05, 0.1) is 10.7 Å². The summed E-state index contributed by atoms with van der Waals surface area (Å²) in [6, 6.07) is 6.81. The van der Waals surface area contributed by atoms with Gasteiger partial charge in [-0.1, -0.05) is 19.3 Å². The van der Waals surface area contributed by atoms with Crippen LogP contribution in [0.4, 0.5) is 0 Å². The van der Waals surface area contributed by atoms with E-state index in [-0.39, 0.29) is 17.7 Å². The molecule has 138 valence electrons. The van der Waals surface area contributed by atoms with E-state index in [1.165, 1.54) is 6.42 Å². The van der Waals surface area contributed by atoms with Gasteiger partial charge in [-0.25, -0.2) is 4.98 Å². The van der Waals surface area contributed by atoms with Gasteiger partial charge >= 0.3 is 0 Å². The third kappa shape index (κ3) is 5.05. The van der Waals surface area contributed by atoms with Gasteiger partial charge < -0.3 is 4.74 Å². The minimum atomic E-state index is -0.337. The normalized spacial score (nSPS) is 14.7. The van der Waals surface area contributed by atoms with Crippen LogP contribution in [0.2, 0.25) is 0 Å². The predicted octanol–water partition coefficient (Wildman–Crippen LogP) is 3.37. The molecule has 0 atom stereocenters. The number of carbonyl (C=O) groups excluding carboxylic acids is 2. The highest BCUT2D eigenvalue weighted by Crippen LogP contribution is 2.23. The third-order valence-electron chi connectivity index (χ3n) is 4.44. The monoisotopic (exact) mass is 373 g/mol. The molecule has 0 bridgehead atoms. The first kappa shape index (κ1) is 18.4. The van der Waals surface area contributed by atoms with Gasteiger partial charge in [0, 0.05) is 16.9 Å². The summed E-state index contributed by atoms with van der Waals surface area (Å²) in [5.74, 6) is 0.236. The lowest BCUT2D eigenvalue weighted by atomic mass is 9.89. The molecule has 1 heterocycles. The van der Waals surface area contributed by atoms with Crippen LogP contribution in [0.3, 0.4) is 0 Å². The van der Waals surface area contributed by atoms with Crippen molar-refractivity contribution in [3.8, 4) is 5.75 Å². The molecule has 1 fully saturated rings. The Morgan fingerprint density at radius 1 is 1.15 bits per heavy atom. The summed E-state index contributed by atoms with van der Waals surface area (Å²) >= 11 is 1.59. The zero-order chi connectivity index (χ0) is 18.4. The Hall–Kier alpha value is -2.41. The number of amides is 2. The van der Waals surface area contributed by atoms with E-state index in [1.54, 1.807) is 35.6 Å². The van der Waals surface area contributed by atoms with Gasteiger partial charge in [-0.3, -0.25) is 20.4 Å². The number of hydrogen-bond acceptors (Lipinski definition) is 5. The summed E-state index contributed by atoms with van der Waals surface area (Å²) in [6.45, 7) is 2.35. The fourth-order valence-electron chi connectivity index (χ4n) is 2.99. The Labute approximate surface area is 156 Å². The lowest BCUT2D eigenvalue weighted by Gasteiger charge is -2.20. The standard InChI is InChI=1S/C19H23N3O3S/c1-13-20-16(12-26-13)11-25-17-9-7-15(8-10-17)19(24)22-21-18(23)14-5-3-2-4-6-14/h7-10,12,14H,2-6,11H2,1H3,(H,21,23)(H,22,24). The first-order valence-electron chi connectivity index (χ1n) is 8.86. The summed E-state index contributed by atoms with van der Waals surface area (Å²) in [4.78, 5) is 28.5. The zero-order valence-electron chi connectivity index (χ0n) is 14.8. The molecule has 26 heavy (non-hydrogen) atoms. The number of aryl methyl sites for hydroxylation is 1. The number of aromatic nitrogens is 1. The van der Waals surface area contributed by atoms with Gasteiger partial charge in [-0.2, -0.15) is 0 Å². The summed E-state index contributed by atoms with van der Waals surface area (Å²) < 4.78 is 5.66. The topological polar surface area (TPSA) is 80.3 Å². The number of rotatable bonds is 5. The molecule has 2 amide bonds. The van der Waals surface area contributed by atoms with Crippen molar-refractivity contribution < 1.29 is 14.3 Å². The lowest BCUT2D eigenvalue weighted by Crippen LogP contribution is -2.44. The second-order valence-electron chi connectivity index (χ2n) is 6.45. The summed E-state index contributed by atoms with van der Waals surface area (Å²) in [6.07, 6.45) is 5.13. The maximum atomic E-state index is 12.2. The summed E-state index contributed by atoms with van der Waals surface area (Å²) in [7, 11) is 0. The number of ether oxygens (including phenoxy) is 1. The van der Waals surface area contributed by atoms with Crippen LogP contribution in [0.25, 0.3) is 0 Å². The molecule has 1 aliphatic rings. The average molecular weight is 373 g/mol. The number of hydrazine groups is 1. The molecule has 6 nitrogen and oxygen atoms in total. The fraction of sp³-hybridized carbons (Fsp3) is 0.421. The number of carbonyl (C=O) groups is 2. The number of nitrogens with zero attached hydrogens (tertiary/aromatic N) is 1. The SMILES string of the molecule is Cc1nc(COc2ccc(C(=O)NNC(=O)C3CCCCC3)cc2)cs1. The van der Waals surface area contributed by atoms with E-state index in [1.807, 2.05) is 12.3 Å². The Bertz CT molecular complexity index is 752. The van der Waals surface area contributed by atoms with E-state index in [0.29, 0.717) is 17.9 Å². The minimum Gasteiger partial charge on any atom is -0.487 e. The summed E-state index contributed by atoms with van der Waals surface area (Å²) in [5, 5.41) is 2.97. The van der Waals surface area contributed by atoms with Gasteiger partial charge in [0.2, 0.25) is 5.91 Å². The molecule has 1 aromatic carbocycles. The van der Waals surface area contributed by atoms with E-state index in [4.69, 9.17) is 4.74 Å². The van der Waals surface area contributed by atoms with E-state index < -0.39 is 0 Å². The first-order chi connectivity index (χ1) is 12.6. The van der Waals surface area contributed by atoms with E-state index in [2.05, 4.69) is 15.8 Å². The highest BCUT2D eigenvalue weighted by Gasteiger charge is 2.21. The smallest absolute Gasteiger partial charge is 0.269 e. The minimum absolute atomic E-state index is 0.00850. The molecule has 0 unspecified atom stereocenters. The number of thiazole rings is 1. The van der Waals surface area contributed by atoms with Crippen molar-refractivity contribution in [3.05, 3.63) is 45.9 Å². The molecule has 0 saturated heterocycles. The van der Waals surface area contributed by atoms with Crippen molar-refractivity contribution in [2.45, 2.75) is 45.6 Å². The largest absolute Gasteiger partial charge is 0.487 e. The van der Waals surface area contributed by atoms with Crippen LogP contribution < -0.4 is 15.6 Å². The predicted molar refractivity (Wildman–Crippen MR) is 99.8 cm³/mol. The van der Waals surface area contributed by atoms with Crippen molar-refractivity contribution in [1.29, 1.82) is 0 Å². The van der Waals surface area contributed by atoms with Crippen LogP contribution >= 0.6 is 11.3 Å². The van der Waals surface area contributed by atoms with Crippen LogP contribution in [0.5, 0.6) is 5.75 Å². The van der Waals surface area contributed by atoms with Crippen molar-refractivity contribution in [1.82, 2.24) is 15.8 Å². The number of nitrogens with one attached hydrogen (secondary N) is 2. The van der Waals surface area contributed by atoms with Gasteiger partial charge in [-0.15, -0.1) is 11.3 Å². The van der Waals surface area contributed by atoms with E-state index in [0.717, 1.165) is 36.4 Å². The van der Waals surface area contributed by atoms with Crippen molar-refractivity contribution in [2.24, 2.45) is 5.92 Å². The van der Waals surface area contributed by atoms with Crippen LogP contribution in [0.1, 0.15) is 53.2 Å². The molecule has 1 aliphatic carbocycles. The van der Waals surface area contributed by atoms with Gasteiger partial charge in [0.25, 0.3) is 5.91 Å². The van der Waals surface area contributed by atoms with Crippen molar-refractivity contribution in [2.75, 3.05) is 0 Å². The van der Waals surface area contributed by atoms with Gasteiger partial charge in [-0.05, 0) is 44.0 Å². The van der Waals surface area contributed by atoms with Gasteiger partial charge in [0.15, 0.2) is 0 Å². The Morgan fingerprint density at radius 2 is 1.88 bits per heavy atom. The molecular weight excluding hydrogens is 350 g/mol. The van der Waals surface area contributed by atoms with E-state index in [9.17, 15) is 9.59 Å². The highest BCUT2D eigenvalue weighted by molar-refractivity contribution is 7.09. The van der Waals surface area contributed by atoms with Crippen molar-refractivity contribution >= 4 is 23.2 Å².